The number of carboxylic acids is 1. The molecule has 1 N–H and O–H groups in total. The fourth-order valence-electron chi connectivity index (χ4n) is 2.72. The molecule has 0 aromatic heterocycles. The lowest BCUT2D eigenvalue weighted by Gasteiger charge is -2.28. The van der Waals surface area contributed by atoms with Gasteiger partial charge in [-0.15, -0.1) is 0 Å². The molecule has 2 unspecified atom stereocenters. The first-order chi connectivity index (χ1) is 10.7. The van der Waals surface area contributed by atoms with Gasteiger partial charge in [-0.25, -0.2) is 9.59 Å². The Kier molecular flexibility index (Phi) is 4.92. The summed E-state index contributed by atoms with van der Waals surface area (Å²) in [6, 6.07) is 6.04. The maximum atomic E-state index is 13.1. The molecule has 0 bridgehead atoms. The summed E-state index contributed by atoms with van der Waals surface area (Å²) in [6.45, 7) is 5.15. The van der Waals surface area contributed by atoms with Gasteiger partial charge in [0.2, 0.25) is 0 Å². The predicted molar refractivity (Wildman–Crippen MR) is 83.2 cm³/mol. The number of likely N-dealkylation sites (tertiary alicyclic amines) is 1. The van der Waals surface area contributed by atoms with Crippen LogP contribution >= 0.6 is 0 Å². The van der Waals surface area contributed by atoms with Gasteiger partial charge in [-0.1, -0.05) is 12.1 Å². The molecule has 1 aromatic rings. The minimum absolute atomic E-state index is 0.178. The largest absolute Gasteiger partial charge is 0.478 e. The van der Waals surface area contributed by atoms with E-state index in [0.29, 0.717) is 13.0 Å². The molecule has 0 saturated carbocycles. The highest BCUT2D eigenvalue weighted by atomic mass is 19.1. The van der Waals surface area contributed by atoms with E-state index in [0.717, 1.165) is 5.56 Å². The van der Waals surface area contributed by atoms with Gasteiger partial charge >= 0.3 is 12.1 Å². The van der Waals surface area contributed by atoms with Crippen molar-refractivity contribution in [3.63, 3.8) is 0 Å². The number of rotatable bonds is 3. The van der Waals surface area contributed by atoms with E-state index in [2.05, 4.69) is 0 Å². The molecule has 5 nitrogen and oxygen atoms in total. The van der Waals surface area contributed by atoms with E-state index in [9.17, 15) is 14.0 Å². The van der Waals surface area contributed by atoms with Crippen molar-refractivity contribution >= 4 is 12.1 Å². The van der Waals surface area contributed by atoms with Crippen LogP contribution in [-0.2, 0) is 4.74 Å². The summed E-state index contributed by atoms with van der Waals surface area (Å²) in [4.78, 5) is 24.8. The SMILES string of the molecule is CC(C)(C)OC(=O)N1CC(CF)CC1c1ccc(C(=O)O)cc1. The molecule has 0 radical (unpaired) electrons. The molecule has 1 fully saturated rings. The Morgan fingerprint density at radius 2 is 1.91 bits per heavy atom. The predicted octanol–water partition coefficient (Wildman–Crippen LogP) is 3.65. The molecule has 1 amide bonds. The van der Waals surface area contributed by atoms with Crippen molar-refractivity contribution in [2.24, 2.45) is 5.92 Å². The van der Waals surface area contributed by atoms with Crippen LogP contribution in [0.4, 0.5) is 9.18 Å². The average Bonchev–Trinajstić information content (AvgIpc) is 2.90. The normalized spacial score (nSPS) is 21.3. The second-order valence-electron chi connectivity index (χ2n) is 6.83. The number of aromatic carboxylic acids is 1. The van der Waals surface area contributed by atoms with Gasteiger partial charge in [0.15, 0.2) is 0 Å². The number of alkyl halides is 1. The maximum absolute atomic E-state index is 13.1. The molecule has 1 aliphatic rings. The first kappa shape index (κ1) is 17.2. The monoisotopic (exact) mass is 323 g/mol. The first-order valence-corrected chi connectivity index (χ1v) is 7.60. The summed E-state index contributed by atoms with van der Waals surface area (Å²) in [6.07, 6.45) is 0.0306. The average molecular weight is 323 g/mol. The Morgan fingerprint density at radius 3 is 2.39 bits per heavy atom. The van der Waals surface area contributed by atoms with E-state index in [1.807, 2.05) is 0 Å². The zero-order chi connectivity index (χ0) is 17.2. The van der Waals surface area contributed by atoms with Crippen LogP contribution in [0.1, 0.15) is 49.2 Å². The van der Waals surface area contributed by atoms with E-state index in [-0.39, 0.29) is 17.5 Å². The smallest absolute Gasteiger partial charge is 0.410 e. The first-order valence-electron chi connectivity index (χ1n) is 7.60. The van der Waals surface area contributed by atoms with Gasteiger partial charge in [-0.3, -0.25) is 4.39 Å². The number of hydrogen-bond donors (Lipinski definition) is 1. The van der Waals surface area contributed by atoms with Gasteiger partial charge in [0.1, 0.15) is 5.60 Å². The van der Waals surface area contributed by atoms with Crippen LogP contribution in [0.3, 0.4) is 0 Å². The molecule has 1 saturated heterocycles. The van der Waals surface area contributed by atoms with Crippen molar-refractivity contribution in [3.8, 4) is 0 Å². The molecule has 126 valence electrons. The van der Waals surface area contributed by atoms with E-state index in [4.69, 9.17) is 9.84 Å². The quantitative estimate of drug-likeness (QED) is 0.922. The second kappa shape index (κ2) is 6.56. The lowest BCUT2D eigenvalue weighted by molar-refractivity contribution is 0.0218. The van der Waals surface area contributed by atoms with E-state index in [1.54, 1.807) is 32.9 Å². The van der Waals surface area contributed by atoms with Crippen molar-refractivity contribution in [1.82, 2.24) is 4.90 Å². The molecule has 0 aliphatic carbocycles. The van der Waals surface area contributed by atoms with Crippen molar-refractivity contribution in [2.75, 3.05) is 13.2 Å². The molecule has 2 rings (SSSR count). The van der Waals surface area contributed by atoms with Gasteiger partial charge in [0.05, 0.1) is 18.3 Å². The third kappa shape index (κ3) is 4.21. The van der Waals surface area contributed by atoms with Crippen LogP contribution < -0.4 is 0 Å². The maximum Gasteiger partial charge on any atom is 0.410 e. The van der Waals surface area contributed by atoms with Crippen molar-refractivity contribution in [1.29, 1.82) is 0 Å². The Balaban J connectivity index is 2.22. The lowest BCUT2D eigenvalue weighted by Crippen LogP contribution is -2.36. The Labute approximate surface area is 135 Å². The number of carboxylic acid groups (broad SMARTS) is 1. The number of carbonyl (C=O) groups is 2. The minimum Gasteiger partial charge on any atom is -0.478 e. The number of halogens is 1. The molecule has 6 heteroatoms. The van der Waals surface area contributed by atoms with Gasteiger partial charge < -0.3 is 14.7 Å². The number of amides is 1. The Hall–Kier alpha value is -2.11. The molecule has 23 heavy (non-hydrogen) atoms. The van der Waals surface area contributed by atoms with E-state index in [1.165, 1.54) is 17.0 Å². The highest BCUT2D eigenvalue weighted by molar-refractivity contribution is 5.87. The summed E-state index contributed by atoms with van der Waals surface area (Å²) < 4.78 is 18.5. The zero-order valence-corrected chi connectivity index (χ0v) is 13.6. The summed E-state index contributed by atoms with van der Waals surface area (Å²) >= 11 is 0. The summed E-state index contributed by atoms with van der Waals surface area (Å²) in [5, 5.41) is 8.95. The molecule has 1 aliphatic heterocycles. The number of benzene rings is 1. The van der Waals surface area contributed by atoms with Crippen molar-refractivity contribution in [3.05, 3.63) is 35.4 Å². The Bertz CT molecular complexity index is 579. The fraction of sp³-hybridized carbons (Fsp3) is 0.529. The molecule has 1 aromatic carbocycles. The molecule has 0 spiro atoms. The zero-order valence-electron chi connectivity index (χ0n) is 13.6. The summed E-state index contributed by atoms with van der Waals surface area (Å²) in [5.74, 6) is -1.24. The Morgan fingerprint density at radius 1 is 1.30 bits per heavy atom. The van der Waals surface area contributed by atoms with Crippen LogP contribution in [-0.4, -0.2) is 40.9 Å². The minimum atomic E-state index is -1.01. The molecule has 1 heterocycles. The van der Waals surface area contributed by atoms with Gasteiger partial charge in [0.25, 0.3) is 0 Å². The van der Waals surface area contributed by atoms with Crippen molar-refractivity contribution in [2.45, 2.75) is 38.8 Å². The highest BCUT2D eigenvalue weighted by Crippen LogP contribution is 2.36. The third-order valence-electron chi connectivity index (χ3n) is 3.78. The summed E-state index contributed by atoms with van der Waals surface area (Å²) in [7, 11) is 0. The third-order valence-corrected chi connectivity index (χ3v) is 3.78. The van der Waals surface area contributed by atoms with E-state index >= 15 is 0 Å². The van der Waals surface area contributed by atoms with Gasteiger partial charge in [-0.2, -0.15) is 0 Å². The lowest BCUT2D eigenvalue weighted by atomic mass is 9.99. The van der Waals surface area contributed by atoms with Crippen molar-refractivity contribution < 1.29 is 23.8 Å². The highest BCUT2D eigenvalue weighted by Gasteiger charge is 2.38. The van der Waals surface area contributed by atoms with Crippen LogP contribution in [0.15, 0.2) is 24.3 Å². The number of carbonyl (C=O) groups excluding carboxylic acids is 1. The van der Waals surface area contributed by atoms with Crippen LogP contribution in [0.5, 0.6) is 0 Å². The molecular formula is C17H22FNO4. The van der Waals surface area contributed by atoms with Gasteiger partial charge in [-0.05, 0) is 44.9 Å². The van der Waals surface area contributed by atoms with E-state index < -0.39 is 24.3 Å². The number of hydrogen-bond acceptors (Lipinski definition) is 3. The fourth-order valence-corrected chi connectivity index (χ4v) is 2.72. The van der Waals surface area contributed by atoms with Crippen LogP contribution in [0, 0.1) is 5.92 Å². The molecular weight excluding hydrogens is 301 g/mol. The van der Waals surface area contributed by atoms with Gasteiger partial charge in [0, 0.05) is 12.5 Å². The molecule has 2 atom stereocenters. The van der Waals surface area contributed by atoms with Crippen LogP contribution in [0.25, 0.3) is 0 Å². The second-order valence-corrected chi connectivity index (χ2v) is 6.83. The topological polar surface area (TPSA) is 66.8 Å². The summed E-state index contributed by atoms with van der Waals surface area (Å²) in [5.41, 5.74) is 0.345. The standard InChI is InChI=1S/C17H22FNO4/c1-17(2,3)23-16(22)19-10-11(9-18)8-14(19)12-4-6-13(7-5-12)15(20)21/h4-7,11,14H,8-10H2,1-3H3,(H,20,21). The van der Waals surface area contributed by atoms with Crippen LogP contribution in [0.2, 0.25) is 0 Å². The number of nitrogens with zero attached hydrogens (tertiary/aromatic N) is 1. The number of ether oxygens (including phenoxy) is 1.